The molecular formula is C15H13BrN2O2. The number of hydrogen-bond donors (Lipinski definition) is 0. The number of carbonyl (C=O) groups excluding carboxylic acids is 1. The van der Waals surface area contributed by atoms with E-state index in [2.05, 4.69) is 21.0 Å². The highest BCUT2D eigenvalue weighted by molar-refractivity contribution is 9.10. The summed E-state index contributed by atoms with van der Waals surface area (Å²) in [7, 11) is 0. The zero-order valence-corrected chi connectivity index (χ0v) is 12.8. The van der Waals surface area contributed by atoms with Gasteiger partial charge in [-0.15, -0.1) is 0 Å². The Balaban J connectivity index is 2.10. The predicted molar refractivity (Wildman–Crippen MR) is 80.0 cm³/mol. The third kappa shape index (κ3) is 2.08. The van der Waals surface area contributed by atoms with E-state index in [1.54, 1.807) is 16.9 Å². The number of nitrogens with zero attached hydrogens (tertiary/aromatic N) is 2. The van der Waals surface area contributed by atoms with Gasteiger partial charge in [0.15, 0.2) is 5.76 Å². The van der Waals surface area contributed by atoms with Crippen molar-refractivity contribution >= 4 is 32.7 Å². The Morgan fingerprint density at radius 2 is 2.20 bits per heavy atom. The number of fused-ring (bicyclic) bond motifs is 1. The van der Waals surface area contributed by atoms with Gasteiger partial charge in [-0.05, 0) is 48.0 Å². The SMILES string of the molecule is CCn1ncc(Br)c1C(=O)c1cc2cc(C)ccc2o1. The summed E-state index contributed by atoms with van der Waals surface area (Å²) in [6.07, 6.45) is 1.63. The lowest BCUT2D eigenvalue weighted by molar-refractivity contribution is 0.100. The number of benzene rings is 1. The lowest BCUT2D eigenvalue weighted by Crippen LogP contribution is -2.10. The first-order chi connectivity index (χ1) is 9.60. The van der Waals surface area contributed by atoms with Crippen LogP contribution in [0.25, 0.3) is 11.0 Å². The third-order valence-corrected chi connectivity index (χ3v) is 3.79. The molecule has 0 atom stereocenters. The molecule has 1 aromatic carbocycles. The molecule has 0 N–H and O–H groups in total. The molecule has 0 radical (unpaired) electrons. The molecule has 0 saturated heterocycles. The number of aromatic nitrogens is 2. The Hall–Kier alpha value is -1.88. The molecule has 0 unspecified atom stereocenters. The molecule has 0 aliphatic heterocycles. The molecule has 0 fully saturated rings. The van der Waals surface area contributed by atoms with Crippen LogP contribution >= 0.6 is 15.9 Å². The first-order valence-corrected chi connectivity index (χ1v) is 7.15. The van der Waals surface area contributed by atoms with Gasteiger partial charge in [-0.1, -0.05) is 11.6 Å². The molecular weight excluding hydrogens is 320 g/mol. The number of aryl methyl sites for hydroxylation is 2. The van der Waals surface area contributed by atoms with Crippen molar-refractivity contribution in [3.63, 3.8) is 0 Å². The quantitative estimate of drug-likeness (QED) is 0.682. The summed E-state index contributed by atoms with van der Waals surface area (Å²) < 4.78 is 7.99. The van der Waals surface area contributed by atoms with E-state index in [1.165, 1.54) is 0 Å². The van der Waals surface area contributed by atoms with Crippen LogP contribution in [0.15, 0.2) is 39.4 Å². The third-order valence-electron chi connectivity index (χ3n) is 3.21. The van der Waals surface area contributed by atoms with Gasteiger partial charge in [-0.25, -0.2) is 0 Å². The molecule has 102 valence electrons. The number of hydrogen-bond acceptors (Lipinski definition) is 3. The van der Waals surface area contributed by atoms with E-state index in [-0.39, 0.29) is 5.78 Å². The fourth-order valence-corrected chi connectivity index (χ4v) is 2.70. The standard InChI is InChI=1S/C15H13BrN2O2/c1-3-18-14(11(16)8-17-18)15(19)13-7-10-6-9(2)4-5-12(10)20-13/h4-8H,3H2,1-2H3. The zero-order valence-electron chi connectivity index (χ0n) is 11.2. The first-order valence-electron chi connectivity index (χ1n) is 6.36. The zero-order chi connectivity index (χ0) is 14.3. The molecule has 3 aromatic rings. The Morgan fingerprint density at radius 3 is 2.95 bits per heavy atom. The molecule has 0 spiro atoms. The van der Waals surface area contributed by atoms with Crippen LogP contribution in [-0.2, 0) is 6.54 Å². The van der Waals surface area contributed by atoms with Crippen LogP contribution < -0.4 is 0 Å². The van der Waals surface area contributed by atoms with Crippen molar-refractivity contribution in [2.45, 2.75) is 20.4 Å². The summed E-state index contributed by atoms with van der Waals surface area (Å²) in [6, 6.07) is 7.63. The summed E-state index contributed by atoms with van der Waals surface area (Å²) in [5.74, 6) is 0.173. The summed E-state index contributed by atoms with van der Waals surface area (Å²) in [5, 5.41) is 5.09. The van der Waals surface area contributed by atoms with Crippen LogP contribution in [-0.4, -0.2) is 15.6 Å². The second kappa shape index (κ2) is 4.90. The van der Waals surface area contributed by atoms with Crippen LogP contribution in [0, 0.1) is 6.92 Å². The summed E-state index contributed by atoms with van der Waals surface area (Å²) in [4.78, 5) is 12.6. The maximum atomic E-state index is 12.6. The minimum atomic E-state index is -0.162. The Kier molecular flexibility index (Phi) is 3.22. The van der Waals surface area contributed by atoms with Crippen molar-refractivity contribution < 1.29 is 9.21 Å². The normalized spacial score (nSPS) is 11.2. The second-order valence-electron chi connectivity index (χ2n) is 4.64. The molecule has 5 heteroatoms. The van der Waals surface area contributed by atoms with Crippen LogP contribution in [0.5, 0.6) is 0 Å². The van der Waals surface area contributed by atoms with E-state index < -0.39 is 0 Å². The molecule has 20 heavy (non-hydrogen) atoms. The first kappa shape index (κ1) is 13.1. The highest BCUT2D eigenvalue weighted by atomic mass is 79.9. The topological polar surface area (TPSA) is 48.0 Å². The van der Waals surface area contributed by atoms with E-state index in [0.29, 0.717) is 22.5 Å². The smallest absolute Gasteiger partial charge is 0.247 e. The minimum Gasteiger partial charge on any atom is -0.453 e. The predicted octanol–water partition coefficient (Wildman–Crippen LogP) is 3.95. The van der Waals surface area contributed by atoms with Crippen molar-refractivity contribution in [2.24, 2.45) is 0 Å². The van der Waals surface area contributed by atoms with Gasteiger partial charge in [-0.3, -0.25) is 9.48 Å². The largest absolute Gasteiger partial charge is 0.453 e. The average molecular weight is 333 g/mol. The fourth-order valence-electron chi connectivity index (χ4n) is 2.22. The second-order valence-corrected chi connectivity index (χ2v) is 5.49. The summed E-state index contributed by atoms with van der Waals surface area (Å²) in [5.41, 5.74) is 2.37. The number of carbonyl (C=O) groups is 1. The highest BCUT2D eigenvalue weighted by Gasteiger charge is 2.21. The Morgan fingerprint density at radius 1 is 1.40 bits per heavy atom. The average Bonchev–Trinajstić information content (AvgIpc) is 3.00. The minimum absolute atomic E-state index is 0.162. The summed E-state index contributed by atoms with van der Waals surface area (Å²) >= 11 is 3.37. The van der Waals surface area contributed by atoms with E-state index in [0.717, 1.165) is 16.5 Å². The van der Waals surface area contributed by atoms with Gasteiger partial charge in [0, 0.05) is 11.9 Å². The van der Waals surface area contributed by atoms with Crippen molar-refractivity contribution in [1.82, 2.24) is 9.78 Å². The lowest BCUT2D eigenvalue weighted by Gasteiger charge is -2.02. The van der Waals surface area contributed by atoms with Crippen molar-refractivity contribution in [1.29, 1.82) is 0 Å². The van der Waals surface area contributed by atoms with Gasteiger partial charge < -0.3 is 4.42 Å². The highest BCUT2D eigenvalue weighted by Crippen LogP contribution is 2.25. The number of ketones is 1. The molecule has 2 aromatic heterocycles. The van der Waals surface area contributed by atoms with Gasteiger partial charge in [0.05, 0.1) is 10.7 Å². The van der Waals surface area contributed by atoms with Crippen LogP contribution in [0.3, 0.4) is 0 Å². The van der Waals surface area contributed by atoms with Crippen LogP contribution in [0.1, 0.15) is 28.7 Å². The maximum Gasteiger partial charge on any atom is 0.247 e. The van der Waals surface area contributed by atoms with Gasteiger partial charge in [-0.2, -0.15) is 5.10 Å². The Bertz CT molecular complexity index is 801. The van der Waals surface area contributed by atoms with Gasteiger partial charge in [0.2, 0.25) is 5.78 Å². The van der Waals surface area contributed by atoms with Gasteiger partial charge in [0.25, 0.3) is 0 Å². The number of furan rings is 1. The van der Waals surface area contributed by atoms with E-state index >= 15 is 0 Å². The van der Waals surface area contributed by atoms with Crippen molar-refractivity contribution in [3.05, 3.63) is 52.0 Å². The molecule has 2 heterocycles. The molecule has 0 saturated carbocycles. The number of halogens is 1. The molecule has 0 bridgehead atoms. The summed E-state index contributed by atoms with van der Waals surface area (Å²) in [6.45, 7) is 4.58. The van der Waals surface area contributed by atoms with Crippen molar-refractivity contribution in [3.8, 4) is 0 Å². The Labute approximate surface area is 124 Å². The van der Waals surface area contributed by atoms with Crippen LogP contribution in [0.2, 0.25) is 0 Å². The van der Waals surface area contributed by atoms with Gasteiger partial charge >= 0.3 is 0 Å². The molecule has 0 amide bonds. The van der Waals surface area contributed by atoms with E-state index in [4.69, 9.17) is 4.42 Å². The van der Waals surface area contributed by atoms with E-state index in [9.17, 15) is 4.79 Å². The van der Waals surface area contributed by atoms with Gasteiger partial charge in [0.1, 0.15) is 11.3 Å². The molecule has 0 aliphatic rings. The number of rotatable bonds is 3. The molecule has 0 aliphatic carbocycles. The van der Waals surface area contributed by atoms with Crippen molar-refractivity contribution in [2.75, 3.05) is 0 Å². The van der Waals surface area contributed by atoms with E-state index in [1.807, 2.05) is 32.0 Å². The maximum absolute atomic E-state index is 12.6. The monoisotopic (exact) mass is 332 g/mol. The lowest BCUT2D eigenvalue weighted by atomic mass is 10.1. The fraction of sp³-hybridized carbons (Fsp3) is 0.200. The molecule has 4 nitrogen and oxygen atoms in total. The molecule has 3 rings (SSSR count). The van der Waals surface area contributed by atoms with Crippen LogP contribution in [0.4, 0.5) is 0 Å².